The van der Waals surface area contributed by atoms with Crippen molar-refractivity contribution in [3.8, 4) is 5.69 Å². The van der Waals surface area contributed by atoms with Crippen LogP contribution in [0.2, 0.25) is 0 Å². The second-order valence-electron chi connectivity index (χ2n) is 4.63. The van der Waals surface area contributed by atoms with E-state index in [1.54, 1.807) is 34.2 Å². The highest BCUT2D eigenvalue weighted by atomic mass is 16.5. The van der Waals surface area contributed by atoms with Crippen molar-refractivity contribution in [1.82, 2.24) is 29.5 Å². The largest absolute Gasteiger partial charge is 0.460 e. The minimum Gasteiger partial charge on any atom is -0.460 e. The lowest BCUT2D eigenvalue weighted by Gasteiger charge is -2.09. The predicted octanol–water partition coefficient (Wildman–Crippen LogP) is 1.02. The number of carbonyl (C=O) groups excluding carboxylic acids is 1. The van der Waals surface area contributed by atoms with Gasteiger partial charge in [0.1, 0.15) is 31.9 Å². The maximum absolute atomic E-state index is 12.1. The minimum atomic E-state index is -0.359. The average molecular weight is 298 g/mol. The number of benzene rings is 1. The van der Waals surface area contributed by atoms with E-state index in [4.69, 9.17) is 4.74 Å². The molecule has 0 aliphatic carbocycles. The van der Waals surface area contributed by atoms with Gasteiger partial charge in [0, 0.05) is 0 Å². The molecule has 0 aliphatic rings. The Morgan fingerprint density at radius 3 is 2.68 bits per heavy atom. The van der Waals surface area contributed by atoms with Crippen LogP contribution >= 0.6 is 0 Å². The van der Waals surface area contributed by atoms with Crippen LogP contribution in [0.15, 0.2) is 43.5 Å². The molecule has 112 valence electrons. The molecule has 0 amide bonds. The smallest absolute Gasteiger partial charge is 0.338 e. The lowest BCUT2D eigenvalue weighted by molar-refractivity contribution is 0.0487. The Balaban J connectivity index is 1.65. The van der Waals surface area contributed by atoms with Crippen molar-refractivity contribution in [2.45, 2.75) is 13.5 Å². The van der Waals surface area contributed by atoms with Gasteiger partial charge in [-0.05, 0) is 30.7 Å². The molecule has 8 nitrogen and oxygen atoms in total. The van der Waals surface area contributed by atoms with Gasteiger partial charge in [0.2, 0.25) is 0 Å². The first-order chi connectivity index (χ1) is 10.7. The van der Waals surface area contributed by atoms with Crippen LogP contribution < -0.4 is 0 Å². The second-order valence-corrected chi connectivity index (χ2v) is 4.63. The molecule has 0 unspecified atom stereocenters. The molecule has 0 N–H and O–H groups in total. The molecule has 2 aromatic heterocycles. The van der Waals surface area contributed by atoms with Crippen LogP contribution in [0.1, 0.15) is 15.9 Å². The van der Waals surface area contributed by atoms with Gasteiger partial charge in [-0.2, -0.15) is 10.2 Å². The number of esters is 1. The highest BCUT2D eigenvalue weighted by Crippen LogP contribution is 2.15. The molecule has 0 saturated heterocycles. The van der Waals surface area contributed by atoms with E-state index in [1.165, 1.54) is 12.7 Å². The summed E-state index contributed by atoms with van der Waals surface area (Å²) in [4.78, 5) is 19.8. The molecule has 0 aliphatic heterocycles. The molecule has 2 heterocycles. The van der Waals surface area contributed by atoms with Crippen LogP contribution in [-0.2, 0) is 11.3 Å². The summed E-state index contributed by atoms with van der Waals surface area (Å²) in [5, 5.41) is 8.00. The Morgan fingerprint density at radius 2 is 2.00 bits per heavy atom. The molecule has 3 aromatic rings. The topological polar surface area (TPSA) is 87.7 Å². The van der Waals surface area contributed by atoms with Crippen molar-refractivity contribution >= 4 is 5.97 Å². The van der Waals surface area contributed by atoms with Gasteiger partial charge in [0.25, 0.3) is 0 Å². The number of carbonyl (C=O) groups is 1. The number of aromatic nitrogens is 6. The number of ether oxygens (including phenoxy) is 1. The van der Waals surface area contributed by atoms with Gasteiger partial charge in [0.15, 0.2) is 0 Å². The molecular formula is C14H14N6O2. The summed E-state index contributed by atoms with van der Waals surface area (Å²) in [6.45, 7) is 2.57. The van der Waals surface area contributed by atoms with E-state index in [9.17, 15) is 4.79 Å². The van der Waals surface area contributed by atoms with E-state index in [1.807, 2.05) is 13.0 Å². The fraction of sp³-hybridized carbons (Fsp3) is 0.214. The molecule has 22 heavy (non-hydrogen) atoms. The Kier molecular flexibility index (Phi) is 3.90. The lowest BCUT2D eigenvalue weighted by atomic mass is 10.1. The van der Waals surface area contributed by atoms with Crippen LogP contribution in [0, 0.1) is 6.92 Å². The van der Waals surface area contributed by atoms with E-state index in [0.717, 1.165) is 11.3 Å². The van der Waals surface area contributed by atoms with E-state index >= 15 is 0 Å². The molecule has 0 radical (unpaired) electrons. The third kappa shape index (κ3) is 3.00. The van der Waals surface area contributed by atoms with Gasteiger partial charge in [-0.15, -0.1) is 0 Å². The first-order valence-corrected chi connectivity index (χ1v) is 6.69. The number of hydrogen-bond acceptors (Lipinski definition) is 6. The number of rotatable bonds is 5. The SMILES string of the molecule is Cc1cc(-n2cncn2)ccc1C(=O)OCCn1cncn1. The molecule has 0 saturated carbocycles. The Bertz CT molecular complexity index is 752. The standard InChI is InChI=1S/C14H14N6O2/c1-11-6-12(20-10-16-8-18-20)2-3-13(11)14(21)22-5-4-19-9-15-7-17-19/h2-3,6-10H,4-5H2,1H3. The third-order valence-corrected chi connectivity index (χ3v) is 3.13. The van der Waals surface area contributed by atoms with E-state index < -0.39 is 0 Å². The van der Waals surface area contributed by atoms with Crippen molar-refractivity contribution in [1.29, 1.82) is 0 Å². The summed E-state index contributed by atoms with van der Waals surface area (Å²) in [6.07, 6.45) is 6.08. The van der Waals surface area contributed by atoms with Gasteiger partial charge in [-0.3, -0.25) is 0 Å². The van der Waals surface area contributed by atoms with E-state index in [2.05, 4.69) is 20.2 Å². The molecule has 0 bridgehead atoms. The second kappa shape index (κ2) is 6.17. The van der Waals surface area contributed by atoms with Crippen molar-refractivity contribution < 1.29 is 9.53 Å². The fourth-order valence-corrected chi connectivity index (χ4v) is 2.02. The van der Waals surface area contributed by atoms with Gasteiger partial charge in [-0.1, -0.05) is 0 Å². The number of nitrogens with zero attached hydrogens (tertiary/aromatic N) is 6. The lowest BCUT2D eigenvalue weighted by Crippen LogP contribution is -2.13. The van der Waals surface area contributed by atoms with Gasteiger partial charge in [0.05, 0.1) is 17.8 Å². The monoisotopic (exact) mass is 298 g/mol. The number of aryl methyl sites for hydroxylation is 1. The van der Waals surface area contributed by atoms with Gasteiger partial charge >= 0.3 is 5.97 Å². The molecule has 8 heteroatoms. The molecule has 0 spiro atoms. The zero-order chi connectivity index (χ0) is 15.4. The normalized spacial score (nSPS) is 10.6. The minimum absolute atomic E-state index is 0.243. The summed E-state index contributed by atoms with van der Waals surface area (Å²) >= 11 is 0. The number of hydrogen-bond donors (Lipinski definition) is 0. The first kappa shape index (κ1) is 13.9. The van der Waals surface area contributed by atoms with Crippen LogP contribution in [-0.4, -0.2) is 42.1 Å². The zero-order valence-electron chi connectivity index (χ0n) is 12.0. The zero-order valence-corrected chi connectivity index (χ0v) is 12.0. The summed E-state index contributed by atoms with van der Waals surface area (Å²) in [6, 6.07) is 5.39. The Morgan fingerprint density at radius 1 is 1.18 bits per heavy atom. The molecule has 1 aromatic carbocycles. The van der Waals surface area contributed by atoms with Crippen LogP contribution in [0.5, 0.6) is 0 Å². The third-order valence-electron chi connectivity index (χ3n) is 3.13. The maximum atomic E-state index is 12.1. The van der Waals surface area contributed by atoms with Gasteiger partial charge < -0.3 is 4.74 Å². The molecule has 0 fully saturated rings. The highest BCUT2D eigenvalue weighted by molar-refractivity contribution is 5.91. The highest BCUT2D eigenvalue weighted by Gasteiger charge is 2.11. The summed E-state index contributed by atoms with van der Waals surface area (Å²) in [5.74, 6) is -0.359. The van der Waals surface area contributed by atoms with Crippen molar-refractivity contribution in [3.05, 3.63) is 54.6 Å². The molecular weight excluding hydrogens is 284 g/mol. The Labute approximate surface area is 126 Å². The fourth-order valence-electron chi connectivity index (χ4n) is 2.02. The van der Waals surface area contributed by atoms with Crippen LogP contribution in [0.4, 0.5) is 0 Å². The quantitative estimate of drug-likeness (QED) is 0.654. The van der Waals surface area contributed by atoms with Crippen molar-refractivity contribution in [3.63, 3.8) is 0 Å². The van der Waals surface area contributed by atoms with E-state index in [0.29, 0.717) is 12.1 Å². The Hall–Kier alpha value is -3.03. The summed E-state index contributed by atoms with van der Waals surface area (Å²) in [7, 11) is 0. The van der Waals surface area contributed by atoms with Gasteiger partial charge in [-0.25, -0.2) is 24.1 Å². The van der Waals surface area contributed by atoms with Crippen molar-refractivity contribution in [2.24, 2.45) is 0 Å². The first-order valence-electron chi connectivity index (χ1n) is 6.69. The summed E-state index contributed by atoms with van der Waals surface area (Å²) in [5.41, 5.74) is 2.19. The van der Waals surface area contributed by atoms with Crippen molar-refractivity contribution in [2.75, 3.05) is 6.61 Å². The van der Waals surface area contributed by atoms with Crippen LogP contribution in [0.3, 0.4) is 0 Å². The molecule has 0 atom stereocenters. The summed E-state index contributed by atoms with van der Waals surface area (Å²) < 4.78 is 8.49. The predicted molar refractivity (Wildman–Crippen MR) is 76.4 cm³/mol. The molecule has 3 rings (SSSR count). The van der Waals surface area contributed by atoms with Crippen LogP contribution in [0.25, 0.3) is 5.69 Å². The van der Waals surface area contributed by atoms with E-state index in [-0.39, 0.29) is 12.6 Å². The average Bonchev–Trinajstić information content (AvgIpc) is 3.20. The maximum Gasteiger partial charge on any atom is 0.338 e.